The van der Waals surface area contributed by atoms with Crippen molar-refractivity contribution in [1.82, 2.24) is 15.8 Å². The Hall–Kier alpha value is -2.67. The third-order valence-electron chi connectivity index (χ3n) is 3.59. The summed E-state index contributed by atoms with van der Waals surface area (Å²) in [6.45, 7) is 5.50. The van der Waals surface area contributed by atoms with Gasteiger partial charge in [-0.3, -0.25) is 20.4 Å². The number of hydrogen-bond acceptors (Lipinski definition) is 4. The molecule has 1 aromatic carbocycles. The highest BCUT2D eigenvalue weighted by Crippen LogP contribution is 2.21. The number of aromatic amines is 1. The van der Waals surface area contributed by atoms with Crippen LogP contribution in [-0.2, 0) is 4.79 Å². The van der Waals surface area contributed by atoms with E-state index in [9.17, 15) is 9.59 Å². The fourth-order valence-corrected chi connectivity index (χ4v) is 2.21. The smallest absolute Gasteiger partial charge is 0.279 e. The highest BCUT2D eigenvalue weighted by molar-refractivity contribution is 7.71. The summed E-state index contributed by atoms with van der Waals surface area (Å²) in [5.74, 6) is -0.325. The van der Waals surface area contributed by atoms with E-state index in [-0.39, 0.29) is 5.56 Å². The molecule has 1 heterocycles. The number of hydrazine groups is 1. The second kappa shape index (κ2) is 7.74. The van der Waals surface area contributed by atoms with Gasteiger partial charge in [-0.25, -0.2) is 0 Å². The molecular formula is C17H19N3O3S. The minimum absolute atomic E-state index is 0.274. The van der Waals surface area contributed by atoms with Gasteiger partial charge >= 0.3 is 0 Å². The number of pyridine rings is 1. The number of H-pyrrole nitrogens is 1. The van der Waals surface area contributed by atoms with Crippen LogP contribution in [-0.4, -0.2) is 22.9 Å². The third kappa shape index (κ3) is 4.20. The maximum atomic E-state index is 12.1. The average Bonchev–Trinajstić information content (AvgIpc) is 2.56. The summed E-state index contributed by atoms with van der Waals surface area (Å²) in [6.07, 6.45) is 0.855. The van der Waals surface area contributed by atoms with E-state index in [1.54, 1.807) is 31.3 Å². The molecular weight excluding hydrogens is 326 g/mol. The maximum Gasteiger partial charge on any atom is 0.279 e. The van der Waals surface area contributed by atoms with Gasteiger partial charge in [0.1, 0.15) is 10.4 Å². The molecule has 24 heavy (non-hydrogen) atoms. The summed E-state index contributed by atoms with van der Waals surface area (Å²) < 4.78 is 5.95. The second-order valence-corrected chi connectivity index (χ2v) is 5.72. The summed E-state index contributed by atoms with van der Waals surface area (Å²) in [7, 11) is 0. The van der Waals surface area contributed by atoms with Gasteiger partial charge in [0.2, 0.25) is 0 Å². The van der Waals surface area contributed by atoms with Crippen LogP contribution < -0.4 is 15.6 Å². The molecule has 3 N–H and O–H groups in total. The zero-order valence-corrected chi connectivity index (χ0v) is 14.5. The van der Waals surface area contributed by atoms with E-state index in [2.05, 4.69) is 15.8 Å². The maximum absolute atomic E-state index is 12.1. The first kappa shape index (κ1) is 17.7. The quantitative estimate of drug-likeness (QED) is 0.587. The van der Waals surface area contributed by atoms with E-state index < -0.39 is 17.9 Å². The van der Waals surface area contributed by atoms with Crippen LogP contribution in [0.25, 0.3) is 0 Å². The highest BCUT2D eigenvalue weighted by Gasteiger charge is 2.17. The van der Waals surface area contributed by atoms with Gasteiger partial charge in [-0.05, 0) is 50.1 Å². The topological polar surface area (TPSA) is 83.2 Å². The lowest BCUT2D eigenvalue weighted by Gasteiger charge is -2.17. The molecule has 2 rings (SSSR count). The predicted molar refractivity (Wildman–Crippen MR) is 93.2 cm³/mol. The zero-order chi connectivity index (χ0) is 17.7. The van der Waals surface area contributed by atoms with E-state index in [1.807, 2.05) is 26.0 Å². The summed E-state index contributed by atoms with van der Waals surface area (Å²) in [5, 5.41) is 0. The molecule has 0 saturated heterocycles. The van der Waals surface area contributed by atoms with E-state index in [0.717, 1.165) is 11.1 Å². The van der Waals surface area contributed by atoms with Crippen molar-refractivity contribution in [2.75, 3.05) is 0 Å². The van der Waals surface area contributed by atoms with Crippen LogP contribution in [0.4, 0.5) is 0 Å². The standard InChI is InChI=1S/C17H19N3O3S/c1-10-6-4-8-14(11(10)2)23-12(3)15(21)19-20-16(22)13-7-5-9-18-17(13)24/h4-9,12H,1-3H3,(H,18,24)(H,19,21)(H,20,22). The minimum Gasteiger partial charge on any atom is -0.481 e. The molecule has 0 aliphatic carbocycles. The Morgan fingerprint density at radius 1 is 1.17 bits per heavy atom. The van der Waals surface area contributed by atoms with E-state index >= 15 is 0 Å². The Labute approximate surface area is 145 Å². The molecule has 7 heteroatoms. The fourth-order valence-electron chi connectivity index (χ4n) is 1.98. The Balaban J connectivity index is 1.95. The number of hydrogen-bond donors (Lipinski definition) is 3. The van der Waals surface area contributed by atoms with Crippen molar-refractivity contribution in [1.29, 1.82) is 0 Å². The largest absolute Gasteiger partial charge is 0.481 e. The molecule has 0 fully saturated rings. The summed E-state index contributed by atoms with van der Waals surface area (Å²) in [5.41, 5.74) is 6.98. The predicted octanol–water partition coefficient (Wildman–Crippen LogP) is 2.59. The average molecular weight is 345 g/mol. The highest BCUT2D eigenvalue weighted by atomic mass is 32.1. The van der Waals surface area contributed by atoms with Crippen molar-refractivity contribution in [2.45, 2.75) is 26.9 Å². The molecule has 0 radical (unpaired) electrons. The number of rotatable bonds is 4. The number of amides is 2. The van der Waals surface area contributed by atoms with Crippen LogP contribution in [0.2, 0.25) is 0 Å². The Morgan fingerprint density at radius 2 is 1.92 bits per heavy atom. The van der Waals surface area contributed by atoms with E-state index in [1.165, 1.54) is 0 Å². The van der Waals surface area contributed by atoms with Crippen LogP contribution in [0.3, 0.4) is 0 Å². The number of benzene rings is 1. The monoisotopic (exact) mass is 345 g/mol. The SMILES string of the molecule is Cc1cccc(OC(C)C(=O)NNC(=O)c2ccc[nH]c2=S)c1C. The molecule has 126 valence electrons. The van der Waals surface area contributed by atoms with Gasteiger partial charge in [-0.15, -0.1) is 0 Å². The lowest BCUT2D eigenvalue weighted by atomic mass is 10.1. The fraction of sp³-hybridized carbons (Fsp3) is 0.235. The molecule has 6 nitrogen and oxygen atoms in total. The Bertz CT molecular complexity index is 817. The molecule has 0 bridgehead atoms. The van der Waals surface area contributed by atoms with Gasteiger partial charge in [0.05, 0.1) is 5.56 Å². The molecule has 0 saturated carbocycles. The van der Waals surface area contributed by atoms with E-state index in [0.29, 0.717) is 10.4 Å². The molecule has 1 aromatic heterocycles. The van der Waals surface area contributed by atoms with Gasteiger partial charge in [-0.2, -0.15) is 0 Å². The number of carbonyl (C=O) groups is 2. The van der Waals surface area contributed by atoms with Crippen molar-refractivity contribution in [3.8, 4) is 5.75 Å². The summed E-state index contributed by atoms with van der Waals surface area (Å²) in [6, 6.07) is 8.85. The van der Waals surface area contributed by atoms with Crippen molar-refractivity contribution in [3.05, 3.63) is 57.9 Å². The molecule has 0 aliphatic heterocycles. The summed E-state index contributed by atoms with van der Waals surface area (Å²) >= 11 is 5.02. The van der Waals surface area contributed by atoms with Gasteiger partial charge in [0.25, 0.3) is 11.8 Å². The van der Waals surface area contributed by atoms with Crippen molar-refractivity contribution < 1.29 is 14.3 Å². The van der Waals surface area contributed by atoms with Crippen LogP contribution in [0.5, 0.6) is 5.75 Å². The van der Waals surface area contributed by atoms with Crippen LogP contribution in [0, 0.1) is 18.5 Å². The normalized spacial score (nSPS) is 11.5. The number of ether oxygens (including phenoxy) is 1. The van der Waals surface area contributed by atoms with Crippen molar-refractivity contribution >= 4 is 24.0 Å². The molecule has 2 aromatic rings. The van der Waals surface area contributed by atoms with Crippen molar-refractivity contribution in [3.63, 3.8) is 0 Å². The van der Waals surface area contributed by atoms with Gasteiger partial charge < -0.3 is 9.72 Å². The molecule has 0 aliphatic rings. The lowest BCUT2D eigenvalue weighted by Crippen LogP contribution is -2.47. The van der Waals surface area contributed by atoms with Gasteiger partial charge in [-0.1, -0.05) is 24.4 Å². The Kier molecular flexibility index (Phi) is 5.70. The second-order valence-electron chi connectivity index (χ2n) is 5.31. The molecule has 0 spiro atoms. The first-order valence-electron chi connectivity index (χ1n) is 7.41. The first-order valence-corrected chi connectivity index (χ1v) is 7.81. The zero-order valence-electron chi connectivity index (χ0n) is 13.7. The van der Waals surface area contributed by atoms with Crippen LogP contribution >= 0.6 is 12.2 Å². The van der Waals surface area contributed by atoms with Crippen molar-refractivity contribution in [2.24, 2.45) is 0 Å². The van der Waals surface area contributed by atoms with Gasteiger partial charge in [0, 0.05) is 6.20 Å². The molecule has 2 amide bonds. The first-order chi connectivity index (χ1) is 11.4. The van der Waals surface area contributed by atoms with Gasteiger partial charge in [0.15, 0.2) is 6.10 Å². The number of aryl methyl sites for hydroxylation is 1. The lowest BCUT2D eigenvalue weighted by molar-refractivity contribution is -0.128. The number of carbonyl (C=O) groups excluding carboxylic acids is 2. The molecule has 1 atom stereocenters. The third-order valence-corrected chi connectivity index (χ3v) is 3.93. The number of aromatic nitrogens is 1. The Morgan fingerprint density at radius 3 is 2.62 bits per heavy atom. The minimum atomic E-state index is -0.767. The number of nitrogens with one attached hydrogen (secondary N) is 3. The van der Waals surface area contributed by atoms with Crippen LogP contribution in [0.15, 0.2) is 36.5 Å². The van der Waals surface area contributed by atoms with E-state index in [4.69, 9.17) is 17.0 Å². The van der Waals surface area contributed by atoms with Crippen LogP contribution in [0.1, 0.15) is 28.4 Å². The summed E-state index contributed by atoms with van der Waals surface area (Å²) in [4.78, 5) is 26.8. The molecule has 1 unspecified atom stereocenters.